The zero-order chi connectivity index (χ0) is 15.4. The standard InChI is InChI=1S/C13H9Br2N5O/c14-8-1-2-11(7(3-8)5-16)19-13(21)10-4-9(15)6-18-12(10)20-17/h1-4,6H,17H2,(H,18,20)(H,19,21). The number of hydrogen-bond acceptors (Lipinski definition) is 5. The van der Waals surface area contributed by atoms with E-state index in [-0.39, 0.29) is 11.4 Å². The number of hydrazine groups is 1. The number of rotatable bonds is 3. The molecule has 2 aromatic rings. The van der Waals surface area contributed by atoms with E-state index in [4.69, 9.17) is 11.1 Å². The lowest BCUT2D eigenvalue weighted by molar-refractivity contribution is 0.102. The van der Waals surface area contributed by atoms with E-state index < -0.39 is 5.91 Å². The second-order valence-corrected chi connectivity index (χ2v) is 5.78. The van der Waals surface area contributed by atoms with Crippen LogP contribution < -0.4 is 16.6 Å². The van der Waals surface area contributed by atoms with Gasteiger partial charge in [0.2, 0.25) is 0 Å². The number of pyridine rings is 1. The Hall–Kier alpha value is -1.95. The number of halogens is 2. The number of nitrogens with one attached hydrogen (secondary N) is 2. The number of nitrogens with zero attached hydrogens (tertiary/aromatic N) is 2. The van der Waals surface area contributed by atoms with Crippen LogP contribution in [0.25, 0.3) is 0 Å². The van der Waals surface area contributed by atoms with E-state index in [1.165, 1.54) is 6.20 Å². The molecule has 0 saturated heterocycles. The normalized spacial score (nSPS) is 9.81. The first-order valence-electron chi connectivity index (χ1n) is 5.68. The lowest BCUT2D eigenvalue weighted by Crippen LogP contribution is -2.18. The summed E-state index contributed by atoms with van der Waals surface area (Å²) in [6.45, 7) is 0. The van der Waals surface area contributed by atoms with Crippen molar-refractivity contribution in [3.8, 4) is 6.07 Å². The number of nitrogens with two attached hydrogens (primary N) is 1. The molecule has 0 fully saturated rings. The molecule has 1 aromatic carbocycles. The molecule has 2 rings (SSSR count). The van der Waals surface area contributed by atoms with Crippen LogP contribution in [-0.2, 0) is 0 Å². The number of hydrogen-bond donors (Lipinski definition) is 3. The molecule has 8 heteroatoms. The third kappa shape index (κ3) is 3.58. The van der Waals surface area contributed by atoms with Gasteiger partial charge in [-0.15, -0.1) is 0 Å². The highest BCUT2D eigenvalue weighted by molar-refractivity contribution is 9.10. The number of anilines is 2. The second kappa shape index (κ2) is 6.67. The Morgan fingerprint density at radius 3 is 2.71 bits per heavy atom. The van der Waals surface area contributed by atoms with E-state index in [1.54, 1.807) is 24.3 Å². The maximum Gasteiger partial charge on any atom is 0.259 e. The van der Waals surface area contributed by atoms with E-state index >= 15 is 0 Å². The van der Waals surface area contributed by atoms with Crippen molar-refractivity contribution in [1.82, 2.24) is 4.98 Å². The first kappa shape index (κ1) is 15.4. The van der Waals surface area contributed by atoms with Crippen LogP contribution in [0.3, 0.4) is 0 Å². The summed E-state index contributed by atoms with van der Waals surface area (Å²) in [4.78, 5) is 16.3. The van der Waals surface area contributed by atoms with Gasteiger partial charge in [0, 0.05) is 15.1 Å². The molecule has 1 aromatic heterocycles. The molecule has 0 spiro atoms. The van der Waals surface area contributed by atoms with Gasteiger partial charge < -0.3 is 10.7 Å². The molecule has 106 valence electrons. The van der Waals surface area contributed by atoms with E-state index in [0.717, 1.165) is 4.47 Å². The van der Waals surface area contributed by atoms with Gasteiger partial charge in [0.05, 0.1) is 16.8 Å². The van der Waals surface area contributed by atoms with Gasteiger partial charge in [-0.05, 0) is 40.2 Å². The lowest BCUT2D eigenvalue weighted by atomic mass is 10.1. The van der Waals surface area contributed by atoms with Crippen molar-refractivity contribution in [2.45, 2.75) is 0 Å². The number of carbonyl (C=O) groups excluding carboxylic acids is 1. The van der Waals surface area contributed by atoms with Crippen molar-refractivity contribution in [2.75, 3.05) is 10.7 Å². The largest absolute Gasteiger partial charge is 0.321 e. The minimum atomic E-state index is -0.421. The fraction of sp³-hybridized carbons (Fsp3) is 0. The second-order valence-electron chi connectivity index (χ2n) is 3.95. The maximum absolute atomic E-state index is 12.3. The quantitative estimate of drug-likeness (QED) is 0.532. The highest BCUT2D eigenvalue weighted by atomic mass is 79.9. The van der Waals surface area contributed by atoms with Crippen LogP contribution in [0.15, 0.2) is 39.4 Å². The van der Waals surface area contributed by atoms with Gasteiger partial charge in [-0.2, -0.15) is 5.26 Å². The van der Waals surface area contributed by atoms with Crippen molar-refractivity contribution in [3.63, 3.8) is 0 Å². The van der Waals surface area contributed by atoms with Crippen LogP contribution in [-0.4, -0.2) is 10.9 Å². The first-order chi connectivity index (χ1) is 10.0. The van der Waals surface area contributed by atoms with Gasteiger partial charge in [0.25, 0.3) is 5.91 Å². The number of amides is 1. The molecule has 0 atom stereocenters. The molecule has 6 nitrogen and oxygen atoms in total. The van der Waals surface area contributed by atoms with E-state index in [1.807, 2.05) is 6.07 Å². The Morgan fingerprint density at radius 2 is 2.05 bits per heavy atom. The minimum Gasteiger partial charge on any atom is -0.321 e. The molecule has 0 aliphatic rings. The van der Waals surface area contributed by atoms with Gasteiger partial charge in [-0.3, -0.25) is 4.79 Å². The van der Waals surface area contributed by atoms with Crippen LogP contribution in [0.1, 0.15) is 15.9 Å². The van der Waals surface area contributed by atoms with Crippen LogP contribution in [0.4, 0.5) is 11.5 Å². The van der Waals surface area contributed by atoms with Crippen molar-refractivity contribution < 1.29 is 4.79 Å². The van der Waals surface area contributed by atoms with E-state index in [0.29, 0.717) is 15.7 Å². The molecule has 0 bridgehead atoms. The van der Waals surface area contributed by atoms with Gasteiger partial charge in [-0.1, -0.05) is 15.9 Å². The average Bonchev–Trinajstić information content (AvgIpc) is 2.48. The fourth-order valence-corrected chi connectivity index (χ4v) is 2.33. The third-order valence-corrected chi connectivity index (χ3v) is 3.51. The molecule has 0 radical (unpaired) electrons. The van der Waals surface area contributed by atoms with E-state index in [2.05, 4.69) is 47.6 Å². The smallest absolute Gasteiger partial charge is 0.259 e. The minimum absolute atomic E-state index is 0.242. The van der Waals surface area contributed by atoms with Crippen molar-refractivity contribution in [1.29, 1.82) is 5.26 Å². The monoisotopic (exact) mass is 409 g/mol. The van der Waals surface area contributed by atoms with Gasteiger partial charge in [0.15, 0.2) is 5.82 Å². The zero-order valence-corrected chi connectivity index (χ0v) is 13.7. The summed E-state index contributed by atoms with van der Waals surface area (Å²) in [5.74, 6) is 5.16. The molecule has 4 N–H and O–H groups in total. The van der Waals surface area contributed by atoms with Crippen LogP contribution >= 0.6 is 31.9 Å². The topological polar surface area (TPSA) is 104 Å². The molecule has 0 unspecified atom stereocenters. The van der Waals surface area contributed by atoms with Gasteiger partial charge in [0.1, 0.15) is 6.07 Å². The van der Waals surface area contributed by atoms with Crippen molar-refractivity contribution >= 4 is 49.3 Å². The number of benzene rings is 1. The van der Waals surface area contributed by atoms with E-state index in [9.17, 15) is 4.79 Å². The Balaban J connectivity index is 2.35. The van der Waals surface area contributed by atoms with Crippen LogP contribution in [0.5, 0.6) is 0 Å². The summed E-state index contributed by atoms with van der Waals surface area (Å²) in [5, 5.41) is 11.8. The Morgan fingerprint density at radius 1 is 1.29 bits per heavy atom. The number of carbonyl (C=O) groups is 1. The summed E-state index contributed by atoms with van der Waals surface area (Å²) in [6.07, 6.45) is 1.52. The molecule has 0 saturated carbocycles. The van der Waals surface area contributed by atoms with Crippen molar-refractivity contribution in [2.24, 2.45) is 5.84 Å². The lowest BCUT2D eigenvalue weighted by Gasteiger charge is -2.10. The van der Waals surface area contributed by atoms with Crippen LogP contribution in [0, 0.1) is 11.3 Å². The predicted molar refractivity (Wildman–Crippen MR) is 86.6 cm³/mol. The SMILES string of the molecule is N#Cc1cc(Br)ccc1NC(=O)c1cc(Br)cnc1NN. The number of nitriles is 1. The maximum atomic E-state index is 12.3. The van der Waals surface area contributed by atoms with Crippen LogP contribution in [0.2, 0.25) is 0 Å². The fourth-order valence-electron chi connectivity index (χ4n) is 1.63. The molecule has 0 aliphatic carbocycles. The Bertz CT molecular complexity index is 742. The molecular formula is C13H9Br2N5O. The Labute approximate surface area is 137 Å². The molecule has 21 heavy (non-hydrogen) atoms. The Kier molecular flexibility index (Phi) is 4.90. The highest BCUT2D eigenvalue weighted by Crippen LogP contribution is 2.23. The average molecular weight is 411 g/mol. The molecule has 0 aliphatic heterocycles. The zero-order valence-electron chi connectivity index (χ0n) is 10.5. The van der Waals surface area contributed by atoms with Gasteiger partial charge in [-0.25, -0.2) is 10.8 Å². The third-order valence-electron chi connectivity index (χ3n) is 2.59. The summed E-state index contributed by atoms with van der Waals surface area (Å²) in [5.41, 5.74) is 3.39. The molecule has 1 amide bonds. The summed E-state index contributed by atoms with van der Waals surface area (Å²) >= 11 is 6.52. The summed E-state index contributed by atoms with van der Waals surface area (Å²) < 4.78 is 1.40. The molecular weight excluding hydrogens is 402 g/mol. The van der Waals surface area contributed by atoms with Gasteiger partial charge >= 0.3 is 0 Å². The number of nitrogen functional groups attached to an aromatic ring is 1. The highest BCUT2D eigenvalue weighted by Gasteiger charge is 2.15. The molecule has 1 heterocycles. The summed E-state index contributed by atoms with van der Waals surface area (Å²) in [7, 11) is 0. The first-order valence-corrected chi connectivity index (χ1v) is 7.27. The predicted octanol–water partition coefficient (Wildman–Crippen LogP) is 3.02. The van der Waals surface area contributed by atoms with Crippen molar-refractivity contribution in [3.05, 3.63) is 50.5 Å². The summed E-state index contributed by atoms with van der Waals surface area (Å²) in [6, 6.07) is 8.61. The number of aromatic nitrogens is 1.